The SMILES string of the molecule is CC(C)CCC[C@@H](C)[C@H]1CC[C@H]2[C@@H]3CC=C4C[C@@H](OC(=O)[C@H](CCCCNC(=O)OC(C)(C)C)NC(=O)[C@H](Cc5ccc(O)cc5)NC(=O)[C@H](C)NC(=O)[C@@H]5CCCN5C(=O)C5=CN(C)C=CC5)CC[C@]4(C)[C@H]3CC[C@]12C. The number of alkyl carbamates (subject to hydrolysis) is 1. The molecule has 1 saturated heterocycles. The Balaban J connectivity index is 1.02. The number of ether oxygens (including phenoxy) is 2. The molecular weight excluding hydrogens is 973 g/mol. The van der Waals surface area contributed by atoms with E-state index in [1.54, 1.807) is 48.9 Å². The van der Waals surface area contributed by atoms with Gasteiger partial charge in [0.05, 0.1) is 0 Å². The number of esters is 1. The Kier molecular flexibility index (Phi) is 19.7. The van der Waals surface area contributed by atoms with Gasteiger partial charge in [0.1, 0.15) is 41.6 Å². The van der Waals surface area contributed by atoms with E-state index in [2.05, 4.69) is 62.0 Å². The van der Waals surface area contributed by atoms with Gasteiger partial charge in [-0.2, -0.15) is 0 Å². The maximum absolute atomic E-state index is 14.6. The number of rotatable bonds is 21. The maximum Gasteiger partial charge on any atom is 0.407 e. The number of benzene rings is 1. The van der Waals surface area contributed by atoms with E-state index < -0.39 is 59.6 Å². The van der Waals surface area contributed by atoms with Crippen LogP contribution in [0.3, 0.4) is 0 Å². The highest BCUT2D eigenvalue weighted by Gasteiger charge is 2.59. The highest BCUT2D eigenvalue weighted by molar-refractivity contribution is 5.99. The van der Waals surface area contributed by atoms with E-state index >= 15 is 0 Å². The number of hydrogen-bond donors (Lipinski definition) is 5. The van der Waals surface area contributed by atoms with Gasteiger partial charge in [0.25, 0.3) is 5.91 Å². The second-order valence-corrected chi connectivity index (χ2v) is 25.8. The van der Waals surface area contributed by atoms with E-state index in [0.29, 0.717) is 80.0 Å². The number of carbonyl (C=O) groups excluding carboxylic acids is 6. The molecule has 1 aromatic rings. The van der Waals surface area contributed by atoms with Crippen molar-refractivity contribution in [1.29, 1.82) is 0 Å². The summed E-state index contributed by atoms with van der Waals surface area (Å²) in [5.74, 6) is 1.87. The molecule has 0 spiro atoms. The zero-order valence-corrected chi connectivity index (χ0v) is 48.2. The predicted molar refractivity (Wildman–Crippen MR) is 299 cm³/mol. The van der Waals surface area contributed by atoms with Crippen LogP contribution in [-0.2, 0) is 39.9 Å². The molecule has 4 fully saturated rings. The summed E-state index contributed by atoms with van der Waals surface area (Å²) in [5, 5.41) is 21.4. The van der Waals surface area contributed by atoms with Crippen LogP contribution in [0.1, 0.15) is 177 Å². The number of unbranched alkanes of at least 4 members (excludes halogenated alkanes) is 1. The van der Waals surface area contributed by atoms with Gasteiger partial charge in [0.15, 0.2) is 0 Å². The summed E-state index contributed by atoms with van der Waals surface area (Å²) in [4.78, 5) is 86.2. The Morgan fingerprint density at radius 2 is 1.57 bits per heavy atom. The summed E-state index contributed by atoms with van der Waals surface area (Å²) in [6, 6.07) is 2.19. The Morgan fingerprint density at radius 1 is 0.831 bits per heavy atom. The second-order valence-electron chi connectivity index (χ2n) is 25.8. The smallest absolute Gasteiger partial charge is 0.407 e. The Labute approximate surface area is 459 Å². The van der Waals surface area contributed by atoms with Crippen LogP contribution in [0, 0.1) is 46.3 Å². The number of phenols is 1. The van der Waals surface area contributed by atoms with Crippen LogP contribution in [0.25, 0.3) is 0 Å². The molecule has 3 saturated carbocycles. The molecule has 12 atom stereocenters. The predicted octanol–water partition coefficient (Wildman–Crippen LogP) is 9.78. The van der Waals surface area contributed by atoms with Crippen molar-refractivity contribution in [2.24, 2.45) is 46.3 Å². The van der Waals surface area contributed by atoms with Crippen molar-refractivity contribution in [2.75, 3.05) is 20.1 Å². The van der Waals surface area contributed by atoms with Crippen molar-refractivity contribution in [3.63, 3.8) is 0 Å². The summed E-state index contributed by atoms with van der Waals surface area (Å²) in [6.07, 6.45) is 22.4. The third-order valence-electron chi connectivity index (χ3n) is 18.6. The zero-order valence-electron chi connectivity index (χ0n) is 48.2. The van der Waals surface area contributed by atoms with E-state index in [9.17, 15) is 33.9 Å². The third-order valence-corrected chi connectivity index (χ3v) is 18.6. The fraction of sp³-hybridized carbons (Fsp3) is 0.710. The zero-order chi connectivity index (χ0) is 55.8. The lowest BCUT2D eigenvalue weighted by Gasteiger charge is -2.58. The van der Waals surface area contributed by atoms with Gasteiger partial charge >= 0.3 is 12.1 Å². The fourth-order valence-corrected chi connectivity index (χ4v) is 14.5. The van der Waals surface area contributed by atoms with Gasteiger partial charge in [-0.1, -0.05) is 83.7 Å². The largest absolute Gasteiger partial charge is 0.508 e. The van der Waals surface area contributed by atoms with Crippen molar-refractivity contribution in [1.82, 2.24) is 31.1 Å². The van der Waals surface area contributed by atoms with Crippen molar-refractivity contribution in [3.05, 3.63) is 65.5 Å². The molecule has 2 heterocycles. The van der Waals surface area contributed by atoms with Crippen molar-refractivity contribution in [3.8, 4) is 5.75 Å². The summed E-state index contributed by atoms with van der Waals surface area (Å²) >= 11 is 0. The molecule has 7 rings (SSSR count). The molecule has 1 aromatic carbocycles. The molecule has 0 radical (unpaired) electrons. The van der Waals surface area contributed by atoms with E-state index in [4.69, 9.17) is 9.47 Å². The Bertz CT molecular complexity index is 2360. The summed E-state index contributed by atoms with van der Waals surface area (Å²) < 4.78 is 11.8. The van der Waals surface area contributed by atoms with Gasteiger partial charge < -0.3 is 45.6 Å². The topological polar surface area (TPSA) is 196 Å². The standard InChI is InChI=1S/C62H94N6O9/c1-39(2)16-13-17-40(3)48-27-28-49-47-26-23-44-37-46(29-31-61(44,8)50(47)30-32-62(48,49)9)76-58(74)51(19-11-12-33-63-59(75)77-60(5,6)7)65-55(71)52(36-42-21-24-45(69)25-22-42)66-54(70)41(4)64-56(72)53-20-15-35-68(53)57(73)43-18-14-34-67(10)38-43/h14,21-25,34,38-41,46-53,69H,11-13,15-20,26-33,35-37H2,1-10H3,(H,63,75)(H,64,72)(H,65,71)(H,66,70)/t40-,41+,46+,47+,48-,49+,50+,51+,52+,53+,61+,62-/m1/s1. The normalized spacial score (nSPS) is 28.4. The molecule has 77 heavy (non-hydrogen) atoms. The first-order chi connectivity index (χ1) is 36.4. The molecule has 15 heteroatoms. The molecule has 0 aromatic heterocycles. The molecule has 6 aliphatic rings. The van der Waals surface area contributed by atoms with Crippen molar-refractivity contribution in [2.45, 2.75) is 214 Å². The molecule has 426 valence electrons. The number of fused-ring (bicyclic) bond motifs is 5. The minimum absolute atomic E-state index is 0.0124. The highest BCUT2D eigenvalue weighted by Crippen LogP contribution is 2.67. The average Bonchev–Trinajstić information content (AvgIpc) is 4.04. The number of amides is 5. The minimum Gasteiger partial charge on any atom is -0.508 e. The molecule has 2 aliphatic heterocycles. The van der Waals surface area contributed by atoms with Gasteiger partial charge in [-0.15, -0.1) is 0 Å². The van der Waals surface area contributed by atoms with Gasteiger partial charge in [-0.25, -0.2) is 9.59 Å². The third kappa shape index (κ3) is 14.9. The second kappa shape index (κ2) is 25.6. The van der Waals surface area contributed by atoms with Gasteiger partial charge in [0, 0.05) is 44.8 Å². The monoisotopic (exact) mass is 1070 g/mol. The molecule has 0 unspecified atom stereocenters. The first kappa shape index (κ1) is 59.3. The van der Waals surface area contributed by atoms with Crippen molar-refractivity contribution >= 4 is 35.7 Å². The van der Waals surface area contributed by atoms with E-state index in [1.165, 1.54) is 69.6 Å². The minimum atomic E-state index is -1.19. The van der Waals surface area contributed by atoms with Crippen LogP contribution >= 0.6 is 0 Å². The number of nitrogens with zero attached hydrogens (tertiary/aromatic N) is 2. The molecule has 15 nitrogen and oxygen atoms in total. The summed E-state index contributed by atoms with van der Waals surface area (Å²) in [7, 11) is 1.84. The number of likely N-dealkylation sites (tertiary alicyclic amines) is 1. The van der Waals surface area contributed by atoms with Gasteiger partial charge in [0.2, 0.25) is 17.7 Å². The maximum atomic E-state index is 14.6. The lowest BCUT2D eigenvalue weighted by molar-refractivity contribution is -0.155. The van der Waals surface area contributed by atoms with Crippen LogP contribution in [0.2, 0.25) is 0 Å². The van der Waals surface area contributed by atoms with Crippen LogP contribution in [-0.4, -0.2) is 107 Å². The van der Waals surface area contributed by atoms with Crippen LogP contribution in [0.4, 0.5) is 4.79 Å². The number of aromatic hydroxyl groups is 1. The van der Waals surface area contributed by atoms with E-state index in [-0.39, 0.29) is 36.0 Å². The Hall–Kier alpha value is -5.34. The summed E-state index contributed by atoms with van der Waals surface area (Å²) in [5.41, 5.74) is 2.39. The number of hydrogen-bond acceptors (Lipinski definition) is 10. The highest BCUT2D eigenvalue weighted by atomic mass is 16.6. The van der Waals surface area contributed by atoms with Gasteiger partial charge in [-0.05, 0) is 181 Å². The first-order valence-electron chi connectivity index (χ1n) is 29.4. The molecular formula is C62H94N6O9. The molecule has 5 N–H and O–H groups in total. The summed E-state index contributed by atoms with van der Waals surface area (Å²) in [6.45, 7) is 19.9. The fourth-order valence-electron chi connectivity index (χ4n) is 14.5. The number of carbonyl (C=O) groups is 6. The number of nitrogens with one attached hydrogen (secondary N) is 4. The molecule has 0 bridgehead atoms. The number of allylic oxidation sites excluding steroid dienone is 2. The van der Waals surface area contributed by atoms with Crippen molar-refractivity contribution < 1.29 is 43.3 Å². The van der Waals surface area contributed by atoms with Crippen LogP contribution < -0.4 is 21.3 Å². The first-order valence-corrected chi connectivity index (χ1v) is 29.4. The lowest BCUT2D eigenvalue weighted by Crippen LogP contribution is -2.57. The quantitative estimate of drug-likeness (QED) is 0.0449. The van der Waals surface area contributed by atoms with E-state index in [0.717, 1.165) is 42.9 Å². The van der Waals surface area contributed by atoms with Gasteiger partial charge in [-0.3, -0.25) is 19.2 Å². The van der Waals surface area contributed by atoms with Crippen LogP contribution in [0.15, 0.2) is 60.0 Å². The Morgan fingerprint density at radius 3 is 2.29 bits per heavy atom. The molecule has 5 amide bonds. The van der Waals surface area contributed by atoms with E-state index in [1.807, 2.05) is 19.3 Å². The average molecular weight is 1070 g/mol. The number of phenolic OH excluding ortho intramolecular Hbond substituents is 1. The van der Waals surface area contributed by atoms with Crippen LogP contribution in [0.5, 0.6) is 5.75 Å². The lowest BCUT2D eigenvalue weighted by atomic mass is 9.47. The molecule has 4 aliphatic carbocycles.